The number of Topliss-reactive ketones (excluding diaryl/α,β-unsaturated/α-hetero) is 1. The van der Waals surface area contributed by atoms with Gasteiger partial charge in [-0.15, -0.1) is 0 Å². The van der Waals surface area contributed by atoms with Gasteiger partial charge in [0, 0.05) is 6.54 Å². The van der Waals surface area contributed by atoms with Gasteiger partial charge in [-0.05, 0) is 43.9 Å². The molecule has 24 heavy (non-hydrogen) atoms. The van der Waals surface area contributed by atoms with Crippen LogP contribution >= 0.6 is 0 Å². The van der Waals surface area contributed by atoms with E-state index in [1.807, 2.05) is 6.92 Å². The first kappa shape index (κ1) is 15.4. The topological polar surface area (TPSA) is 46.6 Å². The number of carbonyl (C=O) groups is 2. The first-order valence-electron chi connectivity index (χ1n) is 8.63. The summed E-state index contributed by atoms with van der Waals surface area (Å²) in [6.07, 6.45) is 3.53. The Morgan fingerprint density at radius 3 is 2.58 bits per heavy atom. The molecule has 0 saturated heterocycles. The molecule has 1 fully saturated rings. The predicted molar refractivity (Wildman–Crippen MR) is 85.4 cm³/mol. The first-order chi connectivity index (χ1) is 11.6. The molecule has 0 spiro atoms. The molecule has 1 amide bonds. The predicted octanol–water partition coefficient (Wildman–Crippen LogP) is 3.14. The fraction of sp³-hybridized carbons (Fsp3) is 0.474. The van der Waals surface area contributed by atoms with Crippen LogP contribution in [0.25, 0.3) is 0 Å². The van der Waals surface area contributed by atoms with Crippen molar-refractivity contribution in [1.29, 1.82) is 0 Å². The second-order valence-electron chi connectivity index (χ2n) is 6.70. The third-order valence-electron chi connectivity index (χ3n) is 5.39. The molecule has 5 heteroatoms. The summed E-state index contributed by atoms with van der Waals surface area (Å²) in [5, 5.41) is 0. The number of amides is 1. The van der Waals surface area contributed by atoms with E-state index < -0.39 is 6.04 Å². The molecular weight excluding hydrogens is 309 g/mol. The lowest BCUT2D eigenvalue weighted by molar-refractivity contribution is -0.135. The van der Waals surface area contributed by atoms with Crippen LogP contribution in [0.1, 0.15) is 44.2 Å². The molecule has 2 heterocycles. The molecule has 1 aliphatic carbocycles. The van der Waals surface area contributed by atoms with E-state index >= 15 is 0 Å². The van der Waals surface area contributed by atoms with Crippen molar-refractivity contribution in [2.75, 3.05) is 6.54 Å². The van der Waals surface area contributed by atoms with E-state index in [4.69, 9.17) is 4.74 Å². The maximum absolute atomic E-state index is 13.3. The SMILES string of the molecule is CCN1C(=O)C2=C(C(=O)C3CCCCC3O2)C1c1ccc(F)cc1. The van der Waals surface area contributed by atoms with E-state index in [-0.39, 0.29) is 35.3 Å². The average Bonchev–Trinajstić information content (AvgIpc) is 2.88. The first-order valence-corrected chi connectivity index (χ1v) is 8.63. The molecule has 2 aliphatic heterocycles. The van der Waals surface area contributed by atoms with Gasteiger partial charge in [0.1, 0.15) is 11.9 Å². The fourth-order valence-electron chi connectivity index (χ4n) is 4.21. The van der Waals surface area contributed by atoms with Gasteiger partial charge in [0.15, 0.2) is 11.5 Å². The minimum Gasteiger partial charge on any atom is -0.483 e. The van der Waals surface area contributed by atoms with Crippen molar-refractivity contribution in [1.82, 2.24) is 4.90 Å². The van der Waals surface area contributed by atoms with Crippen LogP contribution in [0.3, 0.4) is 0 Å². The van der Waals surface area contributed by atoms with Gasteiger partial charge in [0.2, 0.25) is 0 Å². The number of likely N-dealkylation sites (N-methyl/N-ethyl adjacent to an activating group) is 1. The van der Waals surface area contributed by atoms with E-state index in [0.717, 1.165) is 31.2 Å². The second kappa shape index (κ2) is 5.72. The quantitative estimate of drug-likeness (QED) is 0.837. The van der Waals surface area contributed by atoms with Crippen molar-refractivity contribution in [3.05, 3.63) is 47.0 Å². The molecule has 0 N–H and O–H groups in total. The van der Waals surface area contributed by atoms with Crippen LogP contribution in [0.2, 0.25) is 0 Å². The monoisotopic (exact) mass is 329 g/mol. The Balaban J connectivity index is 1.80. The molecule has 4 rings (SSSR count). The van der Waals surface area contributed by atoms with Gasteiger partial charge < -0.3 is 9.64 Å². The fourth-order valence-corrected chi connectivity index (χ4v) is 4.21. The Labute approximate surface area is 140 Å². The smallest absolute Gasteiger partial charge is 0.290 e. The number of halogens is 1. The number of rotatable bonds is 2. The molecule has 1 aromatic carbocycles. The van der Waals surface area contributed by atoms with Crippen molar-refractivity contribution in [2.45, 2.75) is 44.8 Å². The largest absolute Gasteiger partial charge is 0.483 e. The highest BCUT2D eigenvalue weighted by Crippen LogP contribution is 2.46. The molecule has 3 unspecified atom stereocenters. The highest BCUT2D eigenvalue weighted by Gasteiger charge is 2.51. The molecule has 0 radical (unpaired) electrons. The number of benzene rings is 1. The highest BCUT2D eigenvalue weighted by atomic mass is 19.1. The number of nitrogens with zero attached hydrogens (tertiary/aromatic N) is 1. The Hall–Kier alpha value is -2.17. The summed E-state index contributed by atoms with van der Waals surface area (Å²) in [5.74, 6) is -0.443. The van der Waals surface area contributed by atoms with Crippen LogP contribution in [0.15, 0.2) is 35.6 Å². The number of carbonyl (C=O) groups excluding carboxylic acids is 2. The zero-order chi connectivity index (χ0) is 16.8. The number of hydrogen-bond donors (Lipinski definition) is 0. The zero-order valence-electron chi connectivity index (χ0n) is 13.6. The van der Waals surface area contributed by atoms with Crippen LogP contribution in [0.5, 0.6) is 0 Å². The van der Waals surface area contributed by atoms with Crippen LogP contribution in [0, 0.1) is 11.7 Å². The number of ketones is 1. The summed E-state index contributed by atoms with van der Waals surface area (Å²) in [4.78, 5) is 27.5. The Morgan fingerprint density at radius 1 is 1.17 bits per heavy atom. The Morgan fingerprint density at radius 2 is 1.88 bits per heavy atom. The van der Waals surface area contributed by atoms with Crippen molar-refractivity contribution >= 4 is 11.7 Å². The Bertz CT molecular complexity index is 725. The number of ether oxygens (including phenoxy) is 1. The number of fused-ring (bicyclic) bond motifs is 1. The summed E-state index contributed by atoms with van der Waals surface area (Å²) < 4.78 is 19.3. The van der Waals surface area contributed by atoms with E-state index in [0.29, 0.717) is 12.1 Å². The van der Waals surface area contributed by atoms with Crippen molar-refractivity contribution < 1.29 is 18.7 Å². The maximum atomic E-state index is 13.3. The second-order valence-corrected chi connectivity index (χ2v) is 6.70. The minimum atomic E-state index is -0.464. The molecular formula is C19H20FNO3. The van der Waals surface area contributed by atoms with Crippen LogP contribution in [-0.4, -0.2) is 29.2 Å². The highest BCUT2D eigenvalue weighted by molar-refractivity contribution is 6.11. The van der Waals surface area contributed by atoms with Gasteiger partial charge in [-0.1, -0.05) is 18.6 Å². The van der Waals surface area contributed by atoms with Crippen LogP contribution in [0.4, 0.5) is 4.39 Å². The lowest BCUT2D eigenvalue weighted by atomic mass is 9.77. The average molecular weight is 329 g/mol. The molecule has 126 valence electrons. The lowest BCUT2D eigenvalue weighted by Gasteiger charge is -2.35. The van der Waals surface area contributed by atoms with Gasteiger partial charge in [-0.2, -0.15) is 0 Å². The van der Waals surface area contributed by atoms with Crippen LogP contribution < -0.4 is 0 Å². The van der Waals surface area contributed by atoms with E-state index in [1.54, 1.807) is 17.0 Å². The molecule has 4 nitrogen and oxygen atoms in total. The Kier molecular flexibility index (Phi) is 3.66. The van der Waals surface area contributed by atoms with E-state index in [1.165, 1.54) is 12.1 Å². The summed E-state index contributed by atoms with van der Waals surface area (Å²) in [6, 6.07) is 5.56. The van der Waals surface area contributed by atoms with Gasteiger partial charge in [-0.25, -0.2) is 4.39 Å². The van der Waals surface area contributed by atoms with E-state index in [9.17, 15) is 14.0 Å². The summed E-state index contributed by atoms with van der Waals surface area (Å²) in [7, 11) is 0. The molecule has 3 atom stereocenters. The molecule has 0 aromatic heterocycles. The van der Waals surface area contributed by atoms with Gasteiger partial charge in [0.05, 0.1) is 17.5 Å². The molecule has 1 aromatic rings. The molecule has 3 aliphatic rings. The van der Waals surface area contributed by atoms with Crippen LogP contribution in [-0.2, 0) is 14.3 Å². The van der Waals surface area contributed by atoms with Gasteiger partial charge >= 0.3 is 0 Å². The molecule has 1 saturated carbocycles. The molecule has 0 bridgehead atoms. The van der Waals surface area contributed by atoms with Crippen molar-refractivity contribution in [2.24, 2.45) is 5.92 Å². The maximum Gasteiger partial charge on any atom is 0.290 e. The standard InChI is InChI=1S/C19H20FNO3/c1-2-21-16(11-7-9-12(20)10-8-11)15-17(22)13-5-3-4-6-14(13)24-18(15)19(21)23/h7-10,13-14,16H,2-6H2,1H3. The summed E-state index contributed by atoms with van der Waals surface area (Å²) in [6.45, 7) is 2.35. The lowest BCUT2D eigenvalue weighted by Crippen LogP contribution is -2.39. The minimum absolute atomic E-state index is 0.0413. The normalized spacial score (nSPS) is 29.4. The summed E-state index contributed by atoms with van der Waals surface area (Å²) >= 11 is 0. The summed E-state index contributed by atoms with van der Waals surface area (Å²) in [5.41, 5.74) is 1.22. The van der Waals surface area contributed by atoms with Gasteiger partial charge in [-0.3, -0.25) is 9.59 Å². The zero-order valence-corrected chi connectivity index (χ0v) is 13.6. The van der Waals surface area contributed by atoms with Gasteiger partial charge in [0.25, 0.3) is 5.91 Å². The van der Waals surface area contributed by atoms with Crippen molar-refractivity contribution in [3.8, 4) is 0 Å². The van der Waals surface area contributed by atoms with E-state index in [2.05, 4.69) is 0 Å². The van der Waals surface area contributed by atoms with Crippen molar-refractivity contribution in [3.63, 3.8) is 0 Å². The third kappa shape index (κ3) is 2.18. The number of hydrogen-bond acceptors (Lipinski definition) is 3. The third-order valence-corrected chi connectivity index (χ3v) is 5.39.